The molecule has 2 aromatic heterocycles. The van der Waals surface area contributed by atoms with Crippen molar-refractivity contribution >= 4 is 16.8 Å². The zero-order valence-corrected chi connectivity index (χ0v) is 17.8. The van der Waals surface area contributed by atoms with Crippen molar-refractivity contribution in [2.45, 2.75) is 19.5 Å². The van der Waals surface area contributed by atoms with Gasteiger partial charge in [0.1, 0.15) is 11.4 Å². The van der Waals surface area contributed by atoms with E-state index in [1.54, 1.807) is 31.2 Å². The van der Waals surface area contributed by atoms with Crippen molar-refractivity contribution in [2.75, 3.05) is 7.11 Å². The van der Waals surface area contributed by atoms with E-state index in [0.717, 1.165) is 23.4 Å². The van der Waals surface area contributed by atoms with Crippen molar-refractivity contribution in [3.8, 4) is 17.1 Å². The van der Waals surface area contributed by atoms with E-state index in [0.29, 0.717) is 40.1 Å². The van der Waals surface area contributed by atoms with E-state index < -0.39 is 11.6 Å². The third-order valence-electron chi connectivity index (χ3n) is 5.93. The van der Waals surface area contributed by atoms with Gasteiger partial charge in [-0.05, 0) is 42.8 Å². The number of methoxy groups -OCH3 is 1. The molecule has 8 heteroatoms. The second-order valence-corrected chi connectivity index (χ2v) is 7.84. The van der Waals surface area contributed by atoms with Gasteiger partial charge in [-0.2, -0.15) is 5.10 Å². The number of amides is 1. The van der Waals surface area contributed by atoms with E-state index in [4.69, 9.17) is 9.72 Å². The van der Waals surface area contributed by atoms with Crippen molar-refractivity contribution in [1.29, 1.82) is 0 Å². The van der Waals surface area contributed by atoms with Crippen LogP contribution in [0.1, 0.15) is 34.6 Å². The predicted molar refractivity (Wildman–Crippen MR) is 115 cm³/mol. The number of ether oxygens (including phenoxy) is 1. The standard InChI is InChI=1S/C24H20F2N4O2/c1-13-22-16(24(31)30(13)12-14-4-6-15(32-3)7-5-14)8-9-20(27-22)23-17-10-18(25)19(26)11-21(17)29(2)28-23/h4-11,13H,12H2,1-3H3. The Bertz CT molecular complexity index is 1360. The average molecular weight is 434 g/mol. The summed E-state index contributed by atoms with van der Waals surface area (Å²) in [4.78, 5) is 19.5. The van der Waals surface area contributed by atoms with E-state index >= 15 is 0 Å². The largest absolute Gasteiger partial charge is 0.497 e. The van der Waals surface area contributed by atoms with Gasteiger partial charge in [-0.25, -0.2) is 13.8 Å². The molecule has 1 amide bonds. The normalized spacial score (nSPS) is 15.5. The number of carbonyl (C=O) groups excluding carboxylic acids is 1. The molecule has 1 atom stereocenters. The highest BCUT2D eigenvalue weighted by atomic mass is 19.2. The number of aromatic nitrogens is 3. The summed E-state index contributed by atoms with van der Waals surface area (Å²) in [5.74, 6) is -1.21. The molecule has 0 spiro atoms. The van der Waals surface area contributed by atoms with Crippen LogP contribution >= 0.6 is 0 Å². The van der Waals surface area contributed by atoms with Gasteiger partial charge in [0.15, 0.2) is 11.6 Å². The van der Waals surface area contributed by atoms with Crippen molar-refractivity contribution in [3.05, 3.63) is 77.0 Å². The number of pyridine rings is 1. The fourth-order valence-electron chi connectivity index (χ4n) is 4.16. The van der Waals surface area contributed by atoms with Crippen molar-refractivity contribution < 1.29 is 18.3 Å². The number of halogens is 2. The topological polar surface area (TPSA) is 60.2 Å². The summed E-state index contributed by atoms with van der Waals surface area (Å²) in [5.41, 5.74) is 3.57. The van der Waals surface area contributed by atoms with Crippen LogP contribution < -0.4 is 4.74 Å². The molecule has 162 valence electrons. The number of hydrogen-bond donors (Lipinski definition) is 0. The van der Waals surface area contributed by atoms with Crippen LogP contribution in [0.25, 0.3) is 22.3 Å². The highest BCUT2D eigenvalue weighted by Crippen LogP contribution is 2.36. The number of carbonyl (C=O) groups is 1. The molecule has 0 saturated heterocycles. The lowest BCUT2D eigenvalue weighted by Crippen LogP contribution is -2.26. The van der Waals surface area contributed by atoms with E-state index in [-0.39, 0.29) is 11.9 Å². The van der Waals surface area contributed by atoms with E-state index in [2.05, 4.69) is 5.10 Å². The minimum Gasteiger partial charge on any atom is -0.497 e. The SMILES string of the molecule is COc1ccc(CN2C(=O)c3ccc(-c4nn(C)c5cc(F)c(F)cc45)nc3C2C)cc1. The summed E-state index contributed by atoms with van der Waals surface area (Å²) in [6, 6.07) is 13.0. The third kappa shape index (κ3) is 3.10. The van der Waals surface area contributed by atoms with Gasteiger partial charge >= 0.3 is 0 Å². The zero-order chi connectivity index (χ0) is 22.6. The Morgan fingerprint density at radius 3 is 2.50 bits per heavy atom. The maximum atomic E-state index is 13.9. The van der Waals surface area contributed by atoms with Gasteiger partial charge in [0.25, 0.3) is 5.91 Å². The third-order valence-corrected chi connectivity index (χ3v) is 5.93. The van der Waals surface area contributed by atoms with Crippen LogP contribution in [0.2, 0.25) is 0 Å². The van der Waals surface area contributed by atoms with Crippen LogP contribution in [0.5, 0.6) is 5.75 Å². The Labute approximate surface area is 183 Å². The molecule has 0 radical (unpaired) electrons. The number of hydrogen-bond acceptors (Lipinski definition) is 4. The molecule has 1 aliphatic rings. The van der Waals surface area contributed by atoms with Gasteiger partial charge in [0.2, 0.25) is 0 Å². The van der Waals surface area contributed by atoms with E-state index in [1.165, 1.54) is 4.68 Å². The summed E-state index contributed by atoms with van der Waals surface area (Å²) in [5, 5.41) is 4.89. The molecule has 1 unspecified atom stereocenters. The van der Waals surface area contributed by atoms with Gasteiger partial charge in [0.05, 0.1) is 35.6 Å². The molecule has 3 heterocycles. The van der Waals surface area contributed by atoms with Crippen LogP contribution in [0, 0.1) is 11.6 Å². The van der Waals surface area contributed by atoms with E-state index in [1.807, 2.05) is 31.2 Å². The lowest BCUT2D eigenvalue weighted by atomic mass is 10.1. The minimum absolute atomic E-state index is 0.0960. The van der Waals surface area contributed by atoms with Crippen LogP contribution in [0.3, 0.4) is 0 Å². The quantitative estimate of drug-likeness (QED) is 0.470. The highest BCUT2D eigenvalue weighted by molar-refractivity contribution is 5.99. The molecule has 1 aliphatic heterocycles. The Kier molecular flexibility index (Phi) is 4.65. The number of fused-ring (bicyclic) bond motifs is 2. The van der Waals surface area contributed by atoms with Gasteiger partial charge in [0, 0.05) is 25.0 Å². The van der Waals surface area contributed by atoms with Crippen LogP contribution in [0.4, 0.5) is 8.78 Å². The fourth-order valence-corrected chi connectivity index (χ4v) is 4.16. The maximum Gasteiger partial charge on any atom is 0.256 e. The summed E-state index contributed by atoms with van der Waals surface area (Å²) >= 11 is 0. The summed E-state index contributed by atoms with van der Waals surface area (Å²) < 4.78 is 34.3. The van der Waals surface area contributed by atoms with Crippen molar-refractivity contribution in [3.63, 3.8) is 0 Å². The lowest BCUT2D eigenvalue weighted by Gasteiger charge is -2.21. The summed E-state index contributed by atoms with van der Waals surface area (Å²) in [6.07, 6.45) is 0. The molecule has 0 saturated carbocycles. The summed E-state index contributed by atoms with van der Waals surface area (Å²) in [7, 11) is 3.27. The number of rotatable bonds is 4. The van der Waals surface area contributed by atoms with Crippen LogP contribution in [-0.4, -0.2) is 32.7 Å². The smallest absolute Gasteiger partial charge is 0.256 e. The molecule has 4 aromatic rings. The molecule has 5 rings (SSSR count). The maximum absolute atomic E-state index is 13.9. The molecule has 2 aromatic carbocycles. The molecule has 0 bridgehead atoms. The first-order valence-corrected chi connectivity index (χ1v) is 10.1. The van der Waals surface area contributed by atoms with Crippen molar-refractivity contribution in [1.82, 2.24) is 19.7 Å². The van der Waals surface area contributed by atoms with Crippen LogP contribution in [-0.2, 0) is 13.6 Å². The Balaban J connectivity index is 1.51. The molecule has 6 nitrogen and oxygen atoms in total. The molecular formula is C24H20F2N4O2. The molecular weight excluding hydrogens is 414 g/mol. The monoisotopic (exact) mass is 434 g/mol. The fraction of sp³-hybridized carbons (Fsp3) is 0.208. The second kappa shape index (κ2) is 7.40. The number of nitrogens with zero attached hydrogens (tertiary/aromatic N) is 4. The minimum atomic E-state index is -0.942. The van der Waals surface area contributed by atoms with E-state index in [9.17, 15) is 13.6 Å². The molecule has 0 aliphatic carbocycles. The number of aryl methyl sites for hydroxylation is 1. The highest BCUT2D eigenvalue weighted by Gasteiger charge is 2.35. The van der Waals surface area contributed by atoms with Gasteiger partial charge < -0.3 is 9.64 Å². The van der Waals surface area contributed by atoms with Gasteiger partial charge in [-0.15, -0.1) is 0 Å². The van der Waals surface area contributed by atoms with Crippen molar-refractivity contribution in [2.24, 2.45) is 7.05 Å². The van der Waals surface area contributed by atoms with Gasteiger partial charge in [-0.3, -0.25) is 9.48 Å². The van der Waals surface area contributed by atoms with Gasteiger partial charge in [-0.1, -0.05) is 12.1 Å². The first-order chi connectivity index (χ1) is 15.4. The zero-order valence-electron chi connectivity index (χ0n) is 17.8. The molecule has 32 heavy (non-hydrogen) atoms. The predicted octanol–water partition coefficient (Wildman–Crippen LogP) is 4.64. The Morgan fingerprint density at radius 1 is 1.06 bits per heavy atom. The first-order valence-electron chi connectivity index (χ1n) is 10.1. The molecule has 0 fully saturated rings. The second-order valence-electron chi connectivity index (χ2n) is 7.84. The molecule has 0 N–H and O–H groups in total. The Morgan fingerprint density at radius 2 is 1.78 bits per heavy atom. The lowest BCUT2D eigenvalue weighted by molar-refractivity contribution is 0.0722. The average Bonchev–Trinajstić information content (AvgIpc) is 3.23. The Hall–Kier alpha value is -3.81. The summed E-state index contributed by atoms with van der Waals surface area (Å²) in [6.45, 7) is 2.36. The number of benzene rings is 2. The van der Waals surface area contributed by atoms with Crippen LogP contribution in [0.15, 0.2) is 48.5 Å². The first kappa shape index (κ1) is 20.1.